The Morgan fingerprint density at radius 1 is 0.794 bits per heavy atom. The maximum Gasteiger partial charge on any atom is 0.254 e. The van der Waals surface area contributed by atoms with Crippen LogP contribution in [0.1, 0.15) is 41.8 Å². The Balaban J connectivity index is 1.55. The molecule has 0 aromatic heterocycles. The van der Waals surface area contributed by atoms with Gasteiger partial charge in [-0.25, -0.2) is 8.42 Å². The number of hydrogen-bond acceptors (Lipinski definition) is 3. The molecule has 5 nitrogen and oxygen atoms in total. The summed E-state index contributed by atoms with van der Waals surface area (Å²) in [7, 11) is -3.58. The molecule has 2 unspecified atom stereocenters. The number of hydrogen-bond donors (Lipinski definition) is 0. The van der Waals surface area contributed by atoms with Crippen LogP contribution in [0.2, 0.25) is 0 Å². The number of piperidine rings is 1. The van der Waals surface area contributed by atoms with Crippen LogP contribution in [0.5, 0.6) is 0 Å². The summed E-state index contributed by atoms with van der Waals surface area (Å²) in [6, 6.07) is 26.2. The Morgan fingerprint density at radius 2 is 1.26 bits per heavy atom. The molecule has 1 aliphatic rings. The molecule has 1 amide bonds. The zero-order chi connectivity index (χ0) is 24.1. The first kappa shape index (κ1) is 24.2. The standard InChI is InChI=1S/C28H32N2O3S/c1-22-17-23(2)19-30(18-22)34(32,33)27-15-13-26(14-16-27)28(31)29(20-24-9-5-3-6-10-24)21-25-11-7-4-8-12-25/h3-16,22-23H,17-21H2,1-2H3. The van der Waals surface area contributed by atoms with Gasteiger partial charge in [0.25, 0.3) is 5.91 Å². The van der Waals surface area contributed by atoms with Gasteiger partial charge in [-0.05, 0) is 53.6 Å². The third-order valence-corrected chi connectivity index (χ3v) is 8.14. The minimum atomic E-state index is -3.58. The molecular weight excluding hydrogens is 444 g/mol. The zero-order valence-corrected chi connectivity index (χ0v) is 20.6. The van der Waals surface area contributed by atoms with Crippen molar-refractivity contribution in [1.29, 1.82) is 0 Å². The molecule has 0 bridgehead atoms. The summed E-state index contributed by atoms with van der Waals surface area (Å²) in [5, 5.41) is 0. The van der Waals surface area contributed by atoms with E-state index in [2.05, 4.69) is 13.8 Å². The fraction of sp³-hybridized carbons (Fsp3) is 0.321. The predicted octanol–water partition coefficient (Wildman–Crippen LogP) is 5.20. The topological polar surface area (TPSA) is 57.7 Å². The Labute approximate surface area is 203 Å². The lowest BCUT2D eigenvalue weighted by Gasteiger charge is -2.34. The Bertz CT molecular complexity index is 1140. The first-order chi connectivity index (χ1) is 16.3. The van der Waals surface area contributed by atoms with Crippen LogP contribution < -0.4 is 0 Å². The molecule has 0 saturated carbocycles. The number of rotatable bonds is 7. The molecule has 3 aromatic carbocycles. The van der Waals surface area contributed by atoms with Crippen LogP contribution in [-0.2, 0) is 23.1 Å². The number of amides is 1. The van der Waals surface area contributed by atoms with Crippen molar-refractivity contribution < 1.29 is 13.2 Å². The zero-order valence-electron chi connectivity index (χ0n) is 19.8. The fourth-order valence-corrected chi connectivity index (χ4v) is 6.39. The van der Waals surface area contributed by atoms with Crippen molar-refractivity contribution in [2.75, 3.05) is 13.1 Å². The molecule has 0 radical (unpaired) electrons. The van der Waals surface area contributed by atoms with Gasteiger partial charge in [0.1, 0.15) is 0 Å². The summed E-state index contributed by atoms with van der Waals surface area (Å²) >= 11 is 0. The molecule has 2 atom stereocenters. The molecule has 178 valence electrons. The van der Waals surface area contributed by atoms with Gasteiger partial charge >= 0.3 is 0 Å². The molecule has 4 rings (SSSR count). The molecule has 0 N–H and O–H groups in total. The highest BCUT2D eigenvalue weighted by Gasteiger charge is 2.31. The molecule has 1 saturated heterocycles. The van der Waals surface area contributed by atoms with Crippen molar-refractivity contribution in [3.05, 3.63) is 102 Å². The van der Waals surface area contributed by atoms with E-state index in [9.17, 15) is 13.2 Å². The smallest absolute Gasteiger partial charge is 0.254 e. The first-order valence-corrected chi connectivity index (χ1v) is 13.2. The average molecular weight is 477 g/mol. The molecule has 1 heterocycles. The molecule has 0 aliphatic carbocycles. The second-order valence-corrected chi connectivity index (χ2v) is 11.4. The summed E-state index contributed by atoms with van der Waals surface area (Å²) < 4.78 is 28.0. The maximum atomic E-state index is 13.5. The van der Waals surface area contributed by atoms with E-state index in [0.29, 0.717) is 43.6 Å². The molecule has 1 aliphatic heterocycles. The van der Waals surface area contributed by atoms with Crippen LogP contribution in [0.15, 0.2) is 89.8 Å². The van der Waals surface area contributed by atoms with Crippen LogP contribution >= 0.6 is 0 Å². The average Bonchev–Trinajstić information content (AvgIpc) is 2.84. The van der Waals surface area contributed by atoms with Gasteiger partial charge in [-0.3, -0.25) is 4.79 Å². The van der Waals surface area contributed by atoms with E-state index >= 15 is 0 Å². The number of benzene rings is 3. The van der Waals surface area contributed by atoms with Crippen molar-refractivity contribution >= 4 is 15.9 Å². The first-order valence-electron chi connectivity index (χ1n) is 11.8. The molecule has 3 aromatic rings. The molecular formula is C28H32N2O3S. The summed E-state index contributed by atoms with van der Waals surface area (Å²) in [5.41, 5.74) is 2.56. The molecule has 0 spiro atoms. The Morgan fingerprint density at radius 3 is 1.74 bits per heavy atom. The van der Waals surface area contributed by atoms with Crippen LogP contribution in [-0.4, -0.2) is 36.6 Å². The van der Waals surface area contributed by atoms with Gasteiger partial charge in [-0.15, -0.1) is 0 Å². The van der Waals surface area contributed by atoms with Crippen molar-refractivity contribution in [2.24, 2.45) is 11.8 Å². The SMILES string of the molecule is CC1CC(C)CN(S(=O)(=O)c2ccc(C(=O)N(Cc3ccccc3)Cc3ccccc3)cc2)C1. The van der Waals surface area contributed by atoms with E-state index in [1.54, 1.807) is 33.5 Å². The lowest BCUT2D eigenvalue weighted by molar-refractivity contribution is 0.0730. The van der Waals surface area contributed by atoms with Crippen molar-refractivity contribution in [1.82, 2.24) is 9.21 Å². The summed E-state index contributed by atoms with van der Waals surface area (Å²) in [6.45, 7) is 6.20. The van der Waals surface area contributed by atoms with E-state index < -0.39 is 10.0 Å². The quantitative estimate of drug-likeness (QED) is 0.471. The van der Waals surface area contributed by atoms with Crippen molar-refractivity contribution in [3.8, 4) is 0 Å². The van der Waals surface area contributed by atoms with Gasteiger partial charge in [0, 0.05) is 31.7 Å². The lowest BCUT2D eigenvalue weighted by Crippen LogP contribution is -2.42. The number of nitrogens with zero attached hydrogens (tertiary/aromatic N) is 2. The van der Waals surface area contributed by atoms with Crippen LogP contribution in [0.4, 0.5) is 0 Å². The molecule has 34 heavy (non-hydrogen) atoms. The van der Waals surface area contributed by atoms with Crippen molar-refractivity contribution in [2.45, 2.75) is 38.3 Å². The minimum Gasteiger partial charge on any atom is -0.330 e. The van der Waals surface area contributed by atoms with Crippen LogP contribution in [0.25, 0.3) is 0 Å². The highest BCUT2D eigenvalue weighted by molar-refractivity contribution is 7.89. The number of carbonyl (C=O) groups is 1. The Kier molecular flexibility index (Phi) is 7.49. The monoisotopic (exact) mass is 476 g/mol. The highest BCUT2D eigenvalue weighted by atomic mass is 32.2. The van der Waals surface area contributed by atoms with E-state index in [1.807, 2.05) is 60.7 Å². The van der Waals surface area contributed by atoms with Crippen LogP contribution in [0, 0.1) is 11.8 Å². The van der Waals surface area contributed by atoms with Crippen molar-refractivity contribution in [3.63, 3.8) is 0 Å². The number of sulfonamides is 1. The second kappa shape index (κ2) is 10.5. The lowest BCUT2D eigenvalue weighted by atomic mass is 9.94. The van der Waals surface area contributed by atoms with Gasteiger partial charge in [0.2, 0.25) is 10.0 Å². The van der Waals surface area contributed by atoms with E-state index in [4.69, 9.17) is 0 Å². The van der Waals surface area contributed by atoms with Gasteiger partial charge < -0.3 is 4.90 Å². The Hall–Kier alpha value is -2.96. The molecule has 1 fully saturated rings. The van der Waals surface area contributed by atoms with Gasteiger partial charge in [0.05, 0.1) is 4.90 Å². The van der Waals surface area contributed by atoms with E-state index in [-0.39, 0.29) is 10.8 Å². The van der Waals surface area contributed by atoms with E-state index in [0.717, 1.165) is 17.5 Å². The highest BCUT2D eigenvalue weighted by Crippen LogP contribution is 2.27. The van der Waals surface area contributed by atoms with Gasteiger partial charge in [0.15, 0.2) is 0 Å². The second-order valence-electron chi connectivity index (χ2n) is 9.42. The third kappa shape index (κ3) is 5.75. The minimum absolute atomic E-state index is 0.128. The fourth-order valence-electron chi connectivity index (χ4n) is 4.71. The predicted molar refractivity (Wildman–Crippen MR) is 135 cm³/mol. The maximum absolute atomic E-state index is 13.5. The largest absolute Gasteiger partial charge is 0.330 e. The van der Waals surface area contributed by atoms with Gasteiger partial charge in [-0.2, -0.15) is 4.31 Å². The normalized spacial score (nSPS) is 19.0. The number of carbonyl (C=O) groups excluding carboxylic acids is 1. The summed E-state index contributed by atoms with van der Waals surface area (Å²) in [6.07, 6.45) is 1.04. The third-order valence-electron chi connectivity index (χ3n) is 6.29. The van der Waals surface area contributed by atoms with Crippen LogP contribution in [0.3, 0.4) is 0 Å². The molecule has 6 heteroatoms. The van der Waals surface area contributed by atoms with E-state index in [1.165, 1.54) is 0 Å². The summed E-state index contributed by atoms with van der Waals surface area (Å²) in [5.74, 6) is 0.546. The summed E-state index contributed by atoms with van der Waals surface area (Å²) in [4.78, 5) is 15.5. The van der Waals surface area contributed by atoms with Gasteiger partial charge in [-0.1, -0.05) is 74.5 Å².